The molecule has 0 saturated heterocycles. The summed E-state index contributed by atoms with van der Waals surface area (Å²) in [6.45, 7) is 16.1. The third-order valence-electron chi connectivity index (χ3n) is 4.68. The van der Waals surface area contributed by atoms with Crippen LogP contribution in [0, 0.1) is 0 Å². The van der Waals surface area contributed by atoms with Crippen molar-refractivity contribution in [1.82, 2.24) is 15.5 Å². The van der Waals surface area contributed by atoms with Gasteiger partial charge in [0.15, 0.2) is 17.5 Å². The molecule has 0 aromatic heterocycles. The van der Waals surface area contributed by atoms with E-state index in [9.17, 15) is 0 Å². The number of guanidine groups is 1. The predicted molar refractivity (Wildman–Crippen MR) is 134 cm³/mol. The van der Waals surface area contributed by atoms with Gasteiger partial charge in [-0.05, 0) is 70.9 Å². The molecule has 1 rings (SSSR count). The Hall–Kier alpha value is -1.22. The number of hydrogen-bond donors (Lipinski definition) is 2. The highest BCUT2D eigenvalue weighted by molar-refractivity contribution is 14.0. The average Bonchev–Trinajstić information content (AvgIpc) is 2.70. The molecule has 0 bridgehead atoms. The van der Waals surface area contributed by atoms with Gasteiger partial charge in [0.25, 0.3) is 0 Å². The molecule has 1 atom stereocenters. The topological polar surface area (TPSA) is 58.1 Å². The number of nitrogens with zero attached hydrogens (tertiary/aromatic N) is 2. The van der Waals surface area contributed by atoms with Gasteiger partial charge in [-0.25, -0.2) is 4.99 Å². The number of methoxy groups -OCH3 is 1. The van der Waals surface area contributed by atoms with Crippen molar-refractivity contribution in [3.05, 3.63) is 23.8 Å². The maximum absolute atomic E-state index is 5.66. The molecule has 0 aliphatic heterocycles. The van der Waals surface area contributed by atoms with Crippen LogP contribution in [0.1, 0.15) is 53.0 Å². The molecule has 0 aliphatic carbocycles. The van der Waals surface area contributed by atoms with E-state index < -0.39 is 0 Å². The van der Waals surface area contributed by atoms with Gasteiger partial charge in [-0.3, -0.25) is 0 Å². The number of aliphatic imine (C=N–C) groups is 1. The number of ether oxygens (including phenoxy) is 2. The summed E-state index contributed by atoms with van der Waals surface area (Å²) >= 11 is 0. The molecule has 1 aromatic rings. The standard InChI is InChI=1S/C22H40N4O2.HI/c1-7-23-22(25-18(5)12-11-15-26(8-2)9-3)24-17-19-13-14-20(27-6)21(16-19)28-10-4;/h13-14,16,18H,7-12,15,17H2,1-6H3,(H2,23,24,25);1H. The van der Waals surface area contributed by atoms with Crippen molar-refractivity contribution in [2.45, 2.75) is 60.0 Å². The van der Waals surface area contributed by atoms with Crippen LogP contribution in [0.5, 0.6) is 11.5 Å². The molecule has 0 heterocycles. The first-order valence-corrected chi connectivity index (χ1v) is 10.6. The van der Waals surface area contributed by atoms with Crippen molar-refractivity contribution in [1.29, 1.82) is 0 Å². The first-order valence-electron chi connectivity index (χ1n) is 10.6. The van der Waals surface area contributed by atoms with Crippen LogP contribution >= 0.6 is 24.0 Å². The van der Waals surface area contributed by atoms with Gasteiger partial charge in [0.1, 0.15) is 0 Å². The zero-order valence-electron chi connectivity index (χ0n) is 19.1. The summed E-state index contributed by atoms with van der Waals surface area (Å²) in [6.07, 6.45) is 2.31. The van der Waals surface area contributed by atoms with Crippen LogP contribution in [0.3, 0.4) is 0 Å². The van der Waals surface area contributed by atoms with E-state index in [2.05, 4.69) is 43.2 Å². The SMILES string of the molecule is CCNC(=NCc1ccc(OC)c(OCC)c1)NC(C)CCCN(CC)CC.I. The van der Waals surface area contributed by atoms with E-state index >= 15 is 0 Å². The molecule has 1 unspecified atom stereocenters. The Labute approximate surface area is 194 Å². The van der Waals surface area contributed by atoms with Gasteiger partial charge in [-0.2, -0.15) is 0 Å². The summed E-state index contributed by atoms with van der Waals surface area (Å²) in [6, 6.07) is 6.35. The quantitative estimate of drug-likeness (QED) is 0.231. The fraction of sp³-hybridized carbons (Fsp3) is 0.682. The number of benzene rings is 1. The Bertz CT molecular complexity index is 580. The lowest BCUT2D eigenvalue weighted by Crippen LogP contribution is -2.42. The minimum absolute atomic E-state index is 0. The van der Waals surface area contributed by atoms with Crippen molar-refractivity contribution in [3.63, 3.8) is 0 Å². The molecule has 6 nitrogen and oxygen atoms in total. The third-order valence-corrected chi connectivity index (χ3v) is 4.68. The molecule has 0 aliphatic rings. The molecule has 0 radical (unpaired) electrons. The Morgan fingerprint density at radius 3 is 2.45 bits per heavy atom. The Kier molecular flexibility index (Phi) is 15.9. The van der Waals surface area contributed by atoms with Gasteiger partial charge >= 0.3 is 0 Å². The highest BCUT2D eigenvalue weighted by Crippen LogP contribution is 2.28. The fourth-order valence-electron chi connectivity index (χ4n) is 3.04. The monoisotopic (exact) mass is 520 g/mol. The Morgan fingerprint density at radius 1 is 1.14 bits per heavy atom. The Balaban J connectivity index is 0.00000784. The smallest absolute Gasteiger partial charge is 0.191 e. The maximum atomic E-state index is 5.66. The minimum atomic E-state index is 0. The zero-order chi connectivity index (χ0) is 20.8. The second kappa shape index (κ2) is 16.6. The van der Waals surface area contributed by atoms with Gasteiger partial charge in [0.2, 0.25) is 0 Å². The summed E-state index contributed by atoms with van der Waals surface area (Å²) in [7, 11) is 1.66. The maximum Gasteiger partial charge on any atom is 0.191 e. The zero-order valence-corrected chi connectivity index (χ0v) is 21.4. The van der Waals surface area contributed by atoms with Crippen LogP contribution < -0.4 is 20.1 Å². The number of nitrogens with one attached hydrogen (secondary N) is 2. The second-order valence-electron chi connectivity index (χ2n) is 6.83. The summed E-state index contributed by atoms with van der Waals surface area (Å²) in [5.74, 6) is 2.37. The van der Waals surface area contributed by atoms with E-state index in [1.807, 2.05) is 25.1 Å². The lowest BCUT2D eigenvalue weighted by atomic mass is 10.2. The Morgan fingerprint density at radius 2 is 1.86 bits per heavy atom. The van der Waals surface area contributed by atoms with Crippen molar-refractivity contribution < 1.29 is 9.47 Å². The first-order chi connectivity index (χ1) is 13.6. The van der Waals surface area contributed by atoms with E-state index in [4.69, 9.17) is 14.5 Å². The molecule has 0 fully saturated rings. The van der Waals surface area contributed by atoms with Crippen LogP contribution in [0.2, 0.25) is 0 Å². The molecule has 0 spiro atoms. The molecule has 7 heteroatoms. The van der Waals surface area contributed by atoms with Gasteiger partial charge in [0, 0.05) is 12.6 Å². The minimum Gasteiger partial charge on any atom is -0.493 e. The first kappa shape index (κ1) is 27.8. The second-order valence-corrected chi connectivity index (χ2v) is 6.83. The average molecular weight is 521 g/mol. The molecule has 2 N–H and O–H groups in total. The van der Waals surface area contributed by atoms with Gasteiger partial charge in [-0.15, -0.1) is 24.0 Å². The van der Waals surface area contributed by atoms with Crippen molar-refractivity contribution in [2.75, 3.05) is 39.9 Å². The van der Waals surface area contributed by atoms with Gasteiger partial charge in [-0.1, -0.05) is 19.9 Å². The lowest BCUT2D eigenvalue weighted by molar-refractivity contribution is 0.292. The van der Waals surface area contributed by atoms with Crippen molar-refractivity contribution in [3.8, 4) is 11.5 Å². The summed E-state index contributed by atoms with van der Waals surface area (Å²) in [4.78, 5) is 7.21. The van der Waals surface area contributed by atoms with E-state index in [1.165, 1.54) is 6.42 Å². The number of halogens is 1. The van der Waals surface area contributed by atoms with Crippen LogP contribution in [0.25, 0.3) is 0 Å². The van der Waals surface area contributed by atoms with Crippen molar-refractivity contribution in [2.24, 2.45) is 4.99 Å². The highest BCUT2D eigenvalue weighted by Gasteiger charge is 2.08. The summed E-state index contributed by atoms with van der Waals surface area (Å²) in [5, 5.41) is 6.86. The normalized spacial score (nSPS) is 12.3. The highest BCUT2D eigenvalue weighted by atomic mass is 127. The summed E-state index contributed by atoms with van der Waals surface area (Å²) < 4.78 is 11.0. The number of hydrogen-bond acceptors (Lipinski definition) is 4. The van der Waals surface area contributed by atoms with Crippen LogP contribution in [0.4, 0.5) is 0 Å². The van der Waals surface area contributed by atoms with Crippen molar-refractivity contribution >= 4 is 29.9 Å². The van der Waals surface area contributed by atoms with Crippen LogP contribution in [0.15, 0.2) is 23.2 Å². The predicted octanol–water partition coefficient (Wildman–Crippen LogP) is 4.28. The van der Waals surface area contributed by atoms with E-state index in [-0.39, 0.29) is 24.0 Å². The molecule has 168 valence electrons. The van der Waals surface area contributed by atoms with Crippen LogP contribution in [-0.2, 0) is 6.54 Å². The lowest BCUT2D eigenvalue weighted by Gasteiger charge is -2.21. The fourth-order valence-corrected chi connectivity index (χ4v) is 3.04. The molecular weight excluding hydrogens is 479 g/mol. The molecule has 0 amide bonds. The van der Waals surface area contributed by atoms with Crippen LogP contribution in [-0.4, -0.2) is 56.8 Å². The molecule has 29 heavy (non-hydrogen) atoms. The van der Waals surface area contributed by atoms with E-state index in [1.54, 1.807) is 7.11 Å². The van der Waals surface area contributed by atoms with Gasteiger partial charge in [0.05, 0.1) is 20.3 Å². The third kappa shape index (κ3) is 10.9. The van der Waals surface area contributed by atoms with Gasteiger partial charge < -0.3 is 25.0 Å². The largest absolute Gasteiger partial charge is 0.493 e. The van der Waals surface area contributed by atoms with E-state index in [0.717, 1.165) is 55.6 Å². The molecular formula is C22H41IN4O2. The molecule has 0 saturated carbocycles. The number of rotatable bonds is 13. The van der Waals surface area contributed by atoms with E-state index in [0.29, 0.717) is 19.2 Å². The molecule has 1 aromatic carbocycles. The summed E-state index contributed by atoms with van der Waals surface area (Å²) in [5.41, 5.74) is 1.09.